The van der Waals surface area contributed by atoms with Crippen LogP contribution in [0.2, 0.25) is 0 Å². The Morgan fingerprint density at radius 1 is 1.48 bits per heavy atom. The molecule has 1 aliphatic rings. The van der Waals surface area contributed by atoms with Gasteiger partial charge in [-0.2, -0.15) is 0 Å². The number of hydrogen-bond acceptors (Lipinski definition) is 4. The molecular weight excluding hydrogens is 268 g/mol. The number of oxime groups is 1. The number of carbonyl (C=O) groups is 1. The van der Waals surface area contributed by atoms with Crippen molar-refractivity contribution in [2.24, 2.45) is 10.9 Å². The maximum absolute atomic E-state index is 12.3. The molecule has 6 heteroatoms. The Morgan fingerprint density at radius 3 is 2.86 bits per heavy atom. The molecule has 1 saturated heterocycles. The van der Waals surface area contributed by atoms with Gasteiger partial charge in [-0.3, -0.25) is 4.79 Å². The molecule has 0 saturated carbocycles. The molecule has 4 N–H and O–H groups in total. The normalized spacial score (nSPS) is 23.8. The first kappa shape index (κ1) is 15.3. The van der Waals surface area contributed by atoms with Crippen LogP contribution in [0.15, 0.2) is 29.4 Å². The average Bonchev–Trinajstić information content (AvgIpc) is 2.50. The maximum Gasteiger partial charge on any atom is 0.251 e. The summed E-state index contributed by atoms with van der Waals surface area (Å²) in [6, 6.07) is 7.43. The third-order valence-corrected chi connectivity index (χ3v) is 4.07. The highest BCUT2D eigenvalue weighted by atomic mass is 16.4. The van der Waals surface area contributed by atoms with Crippen LogP contribution in [0.1, 0.15) is 35.7 Å². The van der Waals surface area contributed by atoms with Gasteiger partial charge in [-0.05, 0) is 38.9 Å². The van der Waals surface area contributed by atoms with E-state index in [1.165, 1.54) is 0 Å². The highest BCUT2D eigenvalue weighted by Gasteiger charge is 2.24. The first-order chi connectivity index (χ1) is 10.0. The number of amides is 1. The monoisotopic (exact) mass is 290 g/mol. The summed E-state index contributed by atoms with van der Waals surface area (Å²) < 4.78 is 0. The molecule has 21 heavy (non-hydrogen) atoms. The number of benzene rings is 1. The van der Waals surface area contributed by atoms with E-state index >= 15 is 0 Å². The molecule has 0 spiro atoms. The fourth-order valence-corrected chi connectivity index (χ4v) is 2.57. The first-order valence-electron chi connectivity index (χ1n) is 7.10. The van der Waals surface area contributed by atoms with Gasteiger partial charge in [-0.25, -0.2) is 0 Å². The van der Waals surface area contributed by atoms with Gasteiger partial charge in [0.25, 0.3) is 5.91 Å². The molecule has 1 fully saturated rings. The summed E-state index contributed by atoms with van der Waals surface area (Å²) in [4.78, 5) is 14.6. The van der Waals surface area contributed by atoms with Crippen molar-refractivity contribution in [3.63, 3.8) is 0 Å². The molecule has 1 aromatic carbocycles. The van der Waals surface area contributed by atoms with Crippen LogP contribution in [-0.4, -0.2) is 47.5 Å². The average molecular weight is 290 g/mol. The van der Waals surface area contributed by atoms with Crippen LogP contribution in [-0.2, 0) is 0 Å². The van der Waals surface area contributed by atoms with Gasteiger partial charge in [0.1, 0.15) is 0 Å². The number of amidine groups is 1. The van der Waals surface area contributed by atoms with Gasteiger partial charge in [0, 0.05) is 29.8 Å². The fraction of sp³-hybridized carbons (Fsp3) is 0.467. The van der Waals surface area contributed by atoms with Crippen LogP contribution in [0, 0.1) is 0 Å². The number of nitrogens with zero attached hydrogens (tertiary/aromatic N) is 2. The Bertz CT molecular complexity index is 544. The van der Waals surface area contributed by atoms with Gasteiger partial charge in [0.15, 0.2) is 5.84 Å². The Kier molecular flexibility index (Phi) is 4.80. The molecule has 2 atom stereocenters. The molecule has 114 valence electrons. The molecule has 0 radical (unpaired) electrons. The molecule has 6 nitrogen and oxygen atoms in total. The summed E-state index contributed by atoms with van der Waals surface area (Å²) in [5.41, 5.74) is 6.59. The molecular formula is C15H22N4O2. The lowest BCUT2D eigenvalue weighted by Gasteiger charge is -2.35. The molecule has 0 bridgehead atoms. The van der Waals surface area contributed by atoms with Crippen molar-refractivity contribution in [1.29, 1.82) is 0 Å². The highest BCUT2D eigenvalue weighted by Crippen LogP contribution is 2.16. The van der Waals surface area contributed by atoms with Crippen LogP contribution in [0.5, 0.6) is 0 Å². The lowest BCUT2D eigenvalue weighted by atomic mass is 9.98. The van der Waals surface area contributed by atoms with Crippen molar-refractivity contribution in [1.82, 2.24) is 10.2 Å². The van der Waals surface area contributed by atoms with E-state index in [-0.39, 0.29) is 17.8 Å². The van der Waals surface area contributed by atoms with Gasteiger partial charge in [0.05, 0.1) is 0 Å². The van der Waals surface area contributed by atoms with Crippen molar-refractivity contribution in [3.05, 3.63) is 35.4 Å². The van der Waals surface area contributed by atoms with Crippen LogP contribution in [0.3, 0.4) is 0 Å². The summed E-state index contributed by atoms with van der Waals surface area (Å²) in [5, 5.41) is 14.7. The van der Waals surface area contributed by atoms with E-state index in [0.29, 0.717) is 17.2 Å². The van der Waals surface area contributed by atoms with E-state index < -0.39 is 0 Å². The van der Waals surface area contributed by atoms with Crippen molar-refractivity contribution < 1.29 is 10.0 Å². The van der Waals surface area contributed by atoms with Crippen molar-refractivity contribution in [2.75, 3.05) is 13.6 Å². The molecule has 0 aromatic heterocycles. The number of hydrogen-bond donors (Lipinski definition) is 3. The van der Waals surface area contributed by atoms with Gasteiger partial charge >= 0.3 is 0 Å². The largest absolute Gasteiger partial charge is 0.409 e. The SMILES string of the molecule is CC1CC(NC(=O)c2cccc(/C(N)=N/O)c2)CCN1C. The summed E-state index contributed by atoms with van der Waals surface area (Å²) in [6.45, 7) is 3.15. The van der Waals surface area contributed by atoms with Crippen LogP contribution in [0.4, 0.5) is 0 Å². The van der Waals surface area contributed by atoms with Gasteiger partial charge in [0.2, 0.25) is 0 Å². The Balaban J connectivity index is 2.04. The summed E-state index contributed by atoms with van der Waals surface area (Å²) in [6.07, 6.45) is 1.90. The predicted molar refractivity (Wildman–Crippen MR) is 81.5 cm³/mol. The quantitative estimate of drug-likeness (QED) is 0.335. The van der Waals surface area contributed by atoms with Gasteiger partial charge < -0.3 is 21.2 Å². The minimum atomic E-state index is -0.121. The zero-order valence-corrected chi connectivity index (χ0v) is 12.4. The van der Waals surface area contributed by atoms with Gasteiger partial charge in [-0.15, -0.1) is 0 Å². The van der Waals surface area contributed by atoms with Crippen LogP contribution < -0.4 is 11.1 Å². The molecule has 1 aromatic rings. The minimum absolute atomic E-state index is 0.00226. The van der Waals surface area contributed by atoms with Crippen molar-refractivity contribution in [3.8, 4) is 0 Å². The van der Waals surface area contributed by atoms with Crippen molar-refractivity contribution >= 4 is 11.7 Å². The van der Waals surface area contributed by atoms with Gasteiger partial charge in [-0.1, -0.05) is 17.3 Å². The Labute approximate surface area is 124 Å². The van der Waals surface area contributed by atoms with Crippen LogP contribution >= 0.6 is 0 Å². The third-order valence-electron chi connectivity index (χ3n) is 4.07. The number of piperidine rings is 1. The third kappa shape index (κ3) is 3.72. The Hall–Kier alpha value is -2.08. The number of likely N-dealkylation sites (tertiary alicyclic amines) is 1. The van der Waals surface area contributed by atoms with E-state index in [9.17, 15) is 4.79 Å². The second kappa shape index (κ2) is 6.58. The molecule has 1 heterocycles. The fourth-order valence-electron chi connectivity index (χ4n) is 2.57. The second-order valence-corrected chi connectivity index (χ2v) is 5.59. The van der Waals surface area contributed by atoms with Crippen molar-refractivity contribution in [2.45, 2.75) is 31.8 Å². The molecule has 1 amide bonds. The summed E-state index contributed by atoms with van der Waals surface area (Å²) in [5.74, 6) is -0.123. The standard InChI is InChI=1S/C15H22N4O2/c1-10-8-13(6-7-19(10)2)17-15(20)12-5-3-4-11(9-12)14(16)18-21/h3-5,9-10,13,21H,6-8H2,1-2H3,(H2,16,18)(H,17,20). The minimum Gasteiger partial charge on any atom is -0.409 e. The second-order valence-electron chi connectivity index (χ2n) is 5.59. The Morgan fingerprint density at radius 2 is 2.19 bits per heavy atom. The predicted octanol–water partition coefficient (Wildman–Crippen LogP) is 0.994. The number of nitrogens with two attached hydrogens (primary N) is 1. The lowest BCUT2D eigenvalue weighted by molar-refractivity contribution is 0.0896. The lowest BCUT2D eigenvalue weighted by Crippen LogP contribution is -2.47. The summed E-state index contributed by atoms with van der Waals surface area (Å²) >= 11 is 0. The molecule has 0 aliphatic carbocycles. The number of carbonyl (C=O) groups excluding carboxylic acids is 1. The molecule has 1 aliphatic heterocycles. The molecule has 2 unspecified atom stereocenters. The summed E-state index contributed by atoms with van der Waals surface area (Å²) in [7, 11) is 2.10. The number of nitrogens with one attached hydrogen (secondary N) is 1. The van der Waals surface area contributed by atoms with Crippen LogP contribution in [0.25, 0.3) is 0 Å². The van der Waals surface area contributed by atoms with E-state index in [0.717, 1.165) is 19.4 Å². The zero-order valence-electron chi connectivity index (χ0n) is 12.4. The zero-order chi connectivity index (χ0) is 15.4. The molecule has 2 rings (SSSR count). The van der Waals surface area contributed by atoms with E-state index in [1.807, 2.05) is 0 Å². The smallest absolute Gasteiger partial charge is 0.251 e. The van der Waals surface area contributed by atoms with E-state index in [1.54, 1.807) is 24.3 Å². The number of rotatable bonds is 3. The highest BCUT2D eigenvalue weighted by molar-refractivity contribution is 6.01. The van der Waals surface area contributed by atoms with E-state index in [2.05, 4.69) is 29.3 Å². The first-order valence-corrected chi connectivity index (χ1v) is 7.10. The topological polar surface area (TPSA) is 91.0 Å². The van der Waals surface area contributed by atoms with E-state index in [4.69, 9.17) is 10.9 Å². The maximum atomic E-state index is 12.3.